The Morgan fingerprint density at radius 1 is 1.69 bits per heavy atom. The van der Waals surface area contributed by atoms with E-state index < -0.39 is 0 Å². The van der Waals surface area contributed by atoms with Gasteiger partial charge in [-0.15, -0.1) is 0 Å². The molecule has 0 aliphatic heterocycles. The summed E-state index contributed by atoms with van der Waals surface area (Å²) in [5.74, 6) is 0.110. The van der Waals surface area contributed by atoms with Crippen LogP contribution in [0.5, 0.6) is 0 Å². The van der Waals surface area contributed by atoms with Crippen LogP contribution in [0.4, 0.5) is 0 Å². The summed E-state index contributed by atoms with van der Waals surface area (Å²) in [4.78, 5) is 13.9. The summed E-state index contributed by atoms with van der Waals surface area (Å²) in [6.45, 7) is 1.88. The normalized spacial score (nSPS) is 12.2. The van der Waals surface area contributed by atoms with Crippen LogP contribution in [0.3, 0.4) is 0 Å². The number of thiocarbonyl (C=S) groups is 1. The van der Waals surface area contributed by atoms with E-state index in [-0.39, 0.29) is 11.9 Å². The van der Waals surface area contributed by atoms with Gasteiger partial charge in [0.25, 0.3) is 5.91 Å². The number of carbonyl (C=O) groups is 1. The van der Waals surface area contributed by atoms with Gasteiger partial charge in [0.1, 0.15) is 0 Å². The lowest BCUT2D eigenvalue weighted by Gasteiger charge is -2.23. The molecule has 88 valence electrons. The molecule has 0 aromatic carbocycles. The van der Waals surface area contributed by atoms with Crippen LogP contribution in [0, 0.1) is 0 Å². The Morgan fingerprint density at radius 2 is 2.31 bits per heavy atom. The van der Waals surface area contributed by atoms with Crippen molar-refractivity contribution in [2.75, 3.05) is 7.05 Å². The molecule has 0 fully saturated rings. The molecule has 0 aliphatic rings. The summed E-state index contributed by atoms with van der Waals surface area (Å²) in [7, 11) is 1.70. The number of carbonyl (C=O) groups excluding carboxylic acids is 1. The zero-order chi connectivity index (χ0) is 12.3. The van der Waals surface area contributed by atoms with Gasteiger partial charge in [-0.1, -0.05) is 12.2 Å². The molecule has 1 rings (SSSR count). The first-order valence-electron chi connectivity index (χ1n) is 4.72. The number of nitrogens with two attached hydrogens (primary N) is 1. The van der Waals surface area contributed by atoms with Gasteiger partial charge in [0, 0.05) is 19.5 Å². The van der Waals surface area contributed by atoms with E-state index in [1.54, 1.807) is 24.1 Å². The molecular weight excluding hydrogens is 292 g/mol. The topological polar surface area (TPSA) is 59.5 Å². The molecule has 1 aromatic heterocycles. The van der Waals surface area contributed by atoms with E-state index in [0.717, 1.165) is 0 Å². The first-order valence-corrected chi connectivity index (χ1v) is 5.92. The Bertz CT molecular complexity index is 405. The Hall–Kier alpha value is -0.880. The fourth-order valence-electron chi connectivity index (χ4n) is 1.23. The first-order chi connectivity index (χ1) is 7.41. The zero-order valence-corrected chi connectivity index (χ0v) is 11.5. The number of rotatable bonds is 4. The minimum atomic E-state index is -0.186. The second kappa shape index (κ2) is 5.45. The van der Waals surface area contributed by atoms with Crippen molar-refractivity contribution >= 4 is 39.0 Å². The predicted molar refractivity (Wildman–Crippen MR) is 69.4 cm³/mol. The van der Waals surface area contributed by atoms with E-state index in [2.05, 4.69) is 15.9 Å². The molecule has 6 heteroatoms. The van der Waals surface area contributed by atoms with Gasteiger partial charge in [-0.25, -0.2) is 0 Å². The molecule has 1 atom stereocenters. The molecule has 16 heavy (non-hydrogen) atoms. The quantitative estimate of drug-likeness (QED) is 0.866. The lowest BCUT2D eigenvalue weighted by Crippen LogP contribution is -2.37. The molecule has 1 amide bonds. The maximum Gasteiger partial charge on any atom is 0.289 e. The number of halogens is 1. The van der Waals surface area contributed by atoms with Crippen molar-refractivity contribution in [1.82, 2.24) is 4.90 Å². The fraction of sp³-hybridized carbons (Fsp3) is 0.400. The van der Waals surface area contributed by atoms with Gasteiger partial charge in [-0.2, -0.15) is 0 Å². The second-order valence-electron chi connectivity index (χ2n) is 3.54. The summed E-state index contributed by atoms with van der Waals surface area (Å²) < 4.78 is 5.72. The first kappa shape index (κ1) is 13.2. The highest BCUT2D eigenvalue weighted by atomic mass is 79.9. The van der Waals surface area contributed by atoms with E-state index in [1.165, 1.54) is 0 Å². The largest absolute Gasteiger partial charge is 0.444 e. The summed E-state index contributed by atoms with van der Waals surface area (Å²) >= 11 is 7.96. The molecule has 0 spiro atoms. The number of hydrogen-bond donors (Lipinski definition) is 1. The van der Waals surface area contributed by atoms with Crippen molar-refractivity contribution < 1.29 is 9.21 Å². The van der Waals surface area contributed by atoms with Gasteiger partial charge < -0.3 is 15.1 Å². The summed E-state index contributed by atoms with van der Waals surface area (Å²) in [5.41, 5.74) is 5.44. The minimum Gasteiger partial charge on any atom is -0.444 e. The van der Waals surface area contributed by atoms with Crippen molar-refractivity contribution in [1.29, 1.82) is 0 Å². The van der Waals surface area contributed by atoms with Crippen LogP contribution in [0.15, 0.2) is 21.2 Å². The van der Waals surface area contributed by atoms with Gasteiger partial charge in [0.05, 0.1) is 4.99 Å². The SMILES string of the molecule is CC(CC(N)=S)N(C)C(=O)c1ccc(Br)o1. The molecule has 0 radical (unpaired) electrons. The molecule has 0 saturated heterocycles. The molecule has 1 heterocycles. The van der Waals surface area contributed by atoms with Crippen LogP contribution < -0.4 is 5.73 Å². The third kappa shape index (κ3) is 3.31. The Labute approximate surface area is 108 Å². The van der Waals surface area contributed by atoms with Crippen LogP contribution >= 0.6 is 28.1 Å². The highest BCUT2D eigenvalue weighted by Crippen LogP contribution is 2.16. The number of amides is 1. The second-order valence-corrected chi connectivity index (χ2v) is 4.85. The van der Waals surface area contributed by atoms with Crippen molar-refractivity contribution in [3.05, 3.63) is 22.6 Å². The molecule has 0 saturated carbocycles. The lowest BCUT2D eigenvalue weighted by atomic mass is 10.2. The summed E-state index contributed by atoms with van der Waals surface area (Å²) in [5, 5.41) is 0. The van der Waals surface area contributed by atoms with E-state index in [4.69, 9.17) is 22.4 Å². The Kier molecular flexibility index (Phi) is 4.49. The minimum absolute atomic E-state index is 0.0473. The molecule has 0 aliphatic carbocycles. The number of nitrogens with zero attached hydrogens (tertiary/aromatic N) is 1. The van der Waals surface area contributed by atoms with E-state index >= 15 is 0 Å². The van der Waals surface area contributed by atoms with Gasteiger partial charge in [0.2, 0.25) is 0 Å². The van der Waals surface area contributed by atoms with Crippen molar-refractivity contribution in [2.24, 2.45) is 5.73 Å². The highest BCUT2D eigenvalue weighted by Gasteiger charge is 2.20. The smallest absolute Gasteiger partial charge is 0.289 e. The molecule has 1 unspecified atom stereocenters. The van der Waals surface area contributed by atoms with Gasteiger partial charge in [0.15, 0.2) is 10.4 Å². The summed E-state index contributed by atoms with van der Waals surface area (Å²) in [6, 6.07) is 3.25. The van der Waals surface area contributed by atoms with E-state index in [1.807, 2.05) is 6.92 Å². The maximum atomic E-state index is 11.9. The number of hydrogen-bond acceptors (Lipinski definition) is 3. The van der Waals surface area contributed by atoms with Crippen LogP contribution in [0.1, 0.15) is 23.9 Å². The average Bonchev–Trinajstić information content (AvgIpc) is 2.61. The van der Waals surface area contributed by atoms with Crippen LogP contribution in [0.25, 0.3) is 0 Å². The van der Waals surface area contributed by atoms with Crippen LogP contribution in [0.2, 0.25) is 0 Å². The standard InChI is InChI=1S/C10H13BrN2O2S/c1-6(5-9(12)16)13(2)10(14)7-3-4-8(11)15-7/h3-4,6H,5H2,1-2H3,(H2,12,16). The lowest BCUT2D eigenvalue weighted by molar-refractivity contribution is 0.0714. The van der Waals surface area contributed by atoms with E-state index in [0.29, 0.717) is 21.8 Å². The van der Waals surface area contributed by atoms with Crippen LogP contribution in [-0.4, -0.2) is 28.9 Å². The van der Waals surface area contributed by atoms with Gasteiger partial charge in [-0.3, -0.25) is 4.79 Å². The average molecular weight is 305 g/mol. The third-order valence-electron chi connectivity index (χ3n) is 2.26. The van der Waals surface area contributed by atoms with Crippen molar-refractivity contribution in [2.45, 2.75) is 19.4 Å². The molecule has 2 N–H and O–H groups in total. The van der Waals surface area contributed by atoms with Gasteiger partial charge >= 0.3 is 0 Å². The van der Waals surface area contributed by atoms with Gasteiger partial charge in [-0.05, 0) is 35.0 Å². The highest BCUT2D eigenvalue weighted by molar-refractivity contribution is 9.10. The molecule has 0 bridgehead atoms. The summed E-state index contributed by atoms with van der Waals surface area (Å²) in [6.07, 6.45) is 0.499. The fourth-order valence-corrected chi connectivity index (χ4v) is 1.78. The van der Waals surface area contributed by atoms with Crippen LogP contribution in [-0.2, 0) is 0 Å². The maximum absolute atomic E-state index is 11.9. The van der Waals surface area contributed by atoms with Crippen molar-refractivity contribution in [3.63, 3.8) is 0 Å². The Balaban J connectivity index is 2.70. The monoisotopic (exact) mass is 304 g/mol. The van der Waals surface area contributed by atoms with E-state index in [9.17, 15) is 4.79 Å². The molecule has 1 aromatic rings. The van der Waals surface area contributed by atoms with Crippen molar-refractivity contribution in [3.8, 4) is 0 Å². The third-order valence-corrected chi connectivity index (χ3v) is 2.85. The zero-order valence-electron chi connectivity index (χ0n) is 9.07. The Morgan fingerprint density at radius 3 is 2.75 bits per heavy atom. The molecule has 4 nitrogen and oxygen atoms in total. The number of furan rings is 1. The predicted octanol–water partition coefficient (Wildman–Crippen LogP) is 2.18. The molecular formula is C10H13BrN2O2S.